The normalized spacial score (nSPS) is 11.4. The molecule has 0 aliphatic heterocycles. The second-order valence-electron chi connectivity index (χ2n) is 7.93. The molecule has 4 rings (SSSR count). The Balaban J connectivity index is 2.22. The third kappa shape index (κ3) is 3.95. The van der Waals surface area contributed by atoms with E-state index in [1.165, 1.54) is 0 Å². The lowest BCUT2D eigenvalue weighted by molar-refractivity contribution is 0.463. The zero-order valence-electron chi connectivity index (χ0n) is 18.5. The molecule has 204 valence electrons. The Kier molecular flexibility index (Phi) is 6.57. The van der Waals surface area contributed by atoms with Gasteiger partial charge in [0.25, 0.3) is 0 Å². The molecule has 4 aromatic rings. The number of hydrogen-bond acceptors (Lipinski definition) is 3. The molecule has 15 heteroatoms. The molecule has 0 spiro atoms. The van der Waals surface area contributed by atoms with Crippen molar-refractivity contribution in [2.24, 2.45) is 0 Å². The number of halogens is 12. The Labute approximate surface area is 209 Å². The molecule has 0 aliphatic rings. The number of nitrogens with two attached hydrogens (primary N) is 3. The Morgan fingerprint density at radius 1 is 0.282 bits per heavy atom. The molecule has 0 saturated carbocycles. The average molecular weight is 567 g/mol. The number of anilines is 3. The van der Waals surface area contributed by atoms with Gasteiger partial charge in [0.2, 0.25) is 0 Å². The lowest BCUT2D eigenvalue weighted by Crippen LogP contribution is -2.08. The first kappa shape index (κ1) is 27.5. The molecule has 0 heterocycles. The fourth-order valence-electron chi connectivity index (χ4n) is 3.77. The molecule has 39 heavy (non-hydrogen) atoms. The van der Waals surface area contributed by atoms with E-state index in [-0.39, 0.29) is 0 Å². The monoisotopic (exact) mass is 567 g/mol. The van der Waals surface area contributed by atoms with Crippen molar-refractivity contribution in [2.75, 3.05) is 17.2 Å². The summed E-state index contributed by atoms with van der Waals surface area (Å²) in [4.78, 5) is 0. The summed E-state index contributed by atoms with van der Waals surface area (Å²) >= 11 is 0. The van der Waals surface area contributed by atoms with Gasteiger partial charge >= 0.3 is 0 Å². The fourth-order valence-corrected chi connectivity index (χ4v) is 3.77. The van der Waals surface area contributed by atoms with E-state index in [1.54, 1.807) is 0 Å². The Morgan fingerprint density at radius 2 is 0.436 bits per heavy atom. The van der Waals surface area contributed by atoms with Gasteiger partial charge in [0.05, 0.1) is 16.7 Å². The van der Waals surface area contributed by atoms with Crippen LogP contribution in [0.15, 0.2) is 18.2 Å². The lowest BCUT2D eigenvalue weighted by Gasteiger charge is -2.16. The Hall–Kier alpha value is -4.56. The van der Waals surface area contributed by atoms with Crippen LogP contribution < -0.4 is 17.2 Å². The van der Waals surface area contributed by atoms with Gasteiger partial charge in [-0.1, -0.05) is 0 Å². The second kappa shape index (κ2) is 9.32. The van der Waals surface area contributed by atoms with Gasteiger partial charge < -0.3 is 17.2 Å². The van der Waals surface area contributed by atoms with Crippen molar-refractivity contribution in [1.82, 2.24) is 0 Å². The molecule has 0 amide bonds. The molecule has 3 nitrogen and oxygen atoms in total. The highest BCUT2D eigenvalue weighted by Gasteiger charge is 2.31. The summed E-state index contributed by atoms with van der Waals surface area (Å²) in [6.07, 6.45) is 0. The highest BCUT2D eigenvalue weighted by molar-refractivity contribution is 5.83. The van der Waals surface area contributed by atoms with E-state index in [0.717, 1.165) is 0 Å². The maximum atomic E-state index is 14.7. The van der Waals surface area contributed by atoms with Crippen molar-refractivity contribution in [3.63, 3.8) is 0 Å². The fraction of sp³-hybridized carbons (Fsp3) is 0. The second-order valence-corrected chi connectivity index (χ2v) is 7.93. The SMILES string of the molecule is Nc1c(F)c(F)c(-c2cc(-c3c(F)c(F)c(N)c(F)c3F)cc(-c3c(F)c(F)c(N)c(F)c3F)c2)c(F)c1F. The molecular weight excluding hydrogens is 558 g/mol. The summed E-state index contributed by atoms with van der Waals surface area (Å²) in [6.45, 7) is 0. The standard InChI is InChI=1S/C24H9F12N3/c25-10-7(11(26)17(32)22(37)16(10)31)4-1-5(8-12(27)18(33)23(38)19(34)13(8)28)3-6(2-4)9-14(29)20(35)24(39)21(36)15(9)30/h1-3H,37-39H2. The predicted molar refractivity (Wildman–Crippen MR) is 115 cm³/mol. The molecule has 0 aromatic heterocycles. The van der Waals surface area contributed by atoms with Crippen LogP contribution in [0.1, 0.15) is 0 Å². The first-order chi connectivity index (χ1) is 18.1. The van der Waals surface area contributed by atoms with Crippen molar-refractivity contribution in [1.29, 1.82) is 0 Å². The number of rotatable bonds is 3. The third-order valence-corrected chi connectivity index (χ3v) is 5.69. The number of nitrogen functional groups attached to an aromatic ring is 3. The topological polar surface area (TPSA) is 78.1 Å². The van der Waals surface area contributed by atoms with Gasteiger partial charge in [-0.3, -0.25) is 0 Å². The highest BCUT2D eigenvalue weighted by Crippen LogP contribution is 2.42. The van der Waals surface area contributed by atoms with Crippen LogP contribution in [0.3, 0.4) is 0 Å². The van der Waals surface area contributed by atoms with Crippen molar-refractivity contribution in [3.8, 4) is 33.4 Å². The molecule has 6 N–H and O–H groups in total. The Bertz CT molecular complexity index is 1420. The van der Waals surface area contributed by atoms with E-state index in [4.69, 9.17) is 17.2 Å². The van der Waals surface area contributed by atoms with Gasteiger partial charge in [-0.15, -0.1) is 0 Å². The molecule has 0 unspecified atom stereocenters. The third-order valence-electron chi connectivity index (χ3n) is 5.69. The zero-order valence-corrected chi connectivity index (χ0v) is 18.5. The van der Waals surface area contributed by atoms with Crippen LogP contribution in [-0.4, -0.2) is 0 Å². The zero-order chi connectivity index (χ0) is 29.2. The van der Waals surface area contributed by atoms with Crippen molar-refractivity contribution in [3.05, 3.63) is 88.0 Å². The van der Waals surface area contributed by atoms with E-state index < -0.39 is 120 Å². The first-order valence-corrected chi connectivity index (χ1v) is 10.1. The number of benzene rings is 4. The van der Waals surface area contributed by atoms with Crippen LogP contribution in [0.4, 0.5) is 69.7 Å². The molecule has 0 saturated heterocycles. The van der Waals surface area contributed by atoms with Gasteiger partial charge in [-0.25, -0.2) is 52.7 Å². The van der Waals surface area contributed by atoms with Gasteiger partial charge in [-0.05, 0) is 34.9 Å². The van der Waals surface area contributed by atoms with Crippen molar-refractivity contribution < 1.29 is 52.7 Å². The predicted octanol–water partition coefficient (Wildman–Crippen LogP) is 7.10. The summed E-state index contributed by atoms with van der Waals surface area (Å²) in [5.41, 5.74) is 1.30. The van der Waals surface area contributed by atoms with E-state index >= 15 is 0 Å². The molecule has 0 fully saturated rings. The van der Waals surface area contributed by atoms with Gasteiger partial charge in [0, 0.05) is 0 Å². The summed E-state index contributed by atoms with van der Waals surface area (Å²) in [5.74, 6) is -26.3. The molecule has 0 aliphatic carbocycles. The average Bonchev–Trinajstić information content (AvgIpc) is 2.91. The van der Waals surface area contributed by atoms with Crippen LogP contribution in [0.5, 0.6) is 0 Å². The molecule has 4 aromatic carbocycles. The Morgan fingerprint density at radius 3 is 0.590 bits per heavy atom. The van der Waals surface area contributed by atoms with Gasteiger partial charge in [-0.2, -0.15) is 0 Å². The minimum Gasteiger partial charge on any atom is -0.394 e. The van der Waals surface area contributed by atoms with Crippen LogP contribution in [0, 0.1) is 69.8 Å². The van der Waals surface area contributed by atoms with Gasteiger partial charge in [0.1, 0.15) is 17.1 Å². The van der Waals surface area contributed by atoms with Crippen LogP contribution in [0.25, 0.3) is 33.4 Å². The minimum absolute atomic E-state index is 0.302. The largest absolute Gasteiger partial charge is 0.394 e. The maximum absolute atomic E-state index is 14.7. The molecular formula is C24H9F12N3. The molecule has 0 atom stereocenters. The maximum Gasteiger partial charge on any atom is 0.185 e. The summed E-state index contributed by atoms with van der Waals surface area (Å²) in [7, 11) is 0. The summed E-state index contributed by atoms with van der Waals surface area (Å²) in [6, 6.07) is 0.906. The van der Waals surface area contributed by atoms with Crippen molar-refractivity contribution in [2.45, 2.75) is 0 Å². The minimum atomic E-state index is -2.22. The number of hydrogen-bond donors (Lipinski definition) is 3. The summed E-state index contributed by atoms with van der Waals surface area (Å²) in [5, 5.41) is 0. The molecule has 0 bridgehead atoms. The summed E-state index contributed by atoms with van der Waals surface area (Å²) < 4.78 is 173. The van der Waals surface area contributed by atoms with Gasteiger partial charge in [0.15, 0.2) is 69.8 Å². The molecule has 0 radical (unpaired) electrons. The van der Waals surface area contributed by atoms with Crippen molar-refractivity contribution >= 4 is 17.1 Å². The van der Waals surface area contributed by atoms with Crippen LogP contribution in [-0.2, 0) is 0 Å². The van der Waals surface area contributed by atoms with Crippen LogP contribution in [0.2, 0.25) is 0 Å². The smallest absolute Gasteiger partial charge is 0.185 e. The van der Waals surface area contributed by atoms with E-state index in [9.17, 15) is 52.7 Å². The van der Waals surface area contributed by atoms with E-state index in [2.05, 4.69) is 0 Å². The first-order valence-electron chi connectivity index (χ1n) is 10.1. The lowest BCUT2D eigenvalue weighted by atomic mass is 9.91. The van der Waals surface area contributed by atoms with Crippen LogP contribution >= 0.6 is 0 Å². The quantitative estimate of drug-likeness (QED) is 0.140. The highest BCUT2D eigenvalue weighted by atomic mass is 19.2. The van der Waals surface area contributed by atoms with E-state index in [0.29, 0.717) is 18.2 Å². The van der Waals surface area contributed by atoms with E-state index in [1.807, 2.05) is 0 Å².